The highest BCUT2D eigenvalue weighted by atomic mass is 31.3. The Labute approximate surface area is 100 Å². The van der Waals surface area contributed by atoms with Gasteiger partial charge in [0.25, 0.3) is 0 Å². The van der Waals surface area contributed by atoms with E-state index in [0.717, 1.165) is 0 Å². The van der Waals surface area contributed by atoms with Gasteiger partial charge in [-0.2, -0.15) is 8.94 Å². The van der Waals surface area contributed by atoms with Crippen LogP contribution in [0.1, 0.15) is 0 Å². The molecule has 1 aromatic rings. The van der Waals surface area contributed by atoms with Crippen LogP contribution < -0.4 is 4.52 Å². The second-order valence-electron chi connectivity index (χ2n) is 2.73. The maximum Gasteiger partial charge on any atom is 0.536 e. The summed E-state index contributed by atoms with van der Waals surface area (Å²) in [6.45, 7) is 0. The zero-order valence-electron chi connectivity index (χ0n) is 8.48. The smallest absolute Gasteiger partial charge is 0.404 e. The Balaban J connectivity index is 2.73. The Hall–Kier alpha value is -1.44. The van der Waals surface area contributed by atoms with Crippen LogP contribution >= 0.6 is 15.6 Å². The number of nitrogens with zero attached hydrogens (tertiary/aromatic N) is 1. The summed E-state index contributed by atoms with van der Waals surface area (Å²) in [5, 5.41) is 8.18. The van der Waals surface area contributed by atoms with E-state index in [1.807, 2.05) is 0 Å². The fourth-order valence-corrected chi connectivity index (χ4v) is 2.71. The number of hydrogen-bond donors (Lipinski definition) is 2. The molecule has 1 aromatic carbocycles. The van der Waals surface area contributed by atoms with Crippen LogP contribution in [0, 0.1) is 10.1 Å². The first-order valence-electron chi connectivity index (χ1n) is 4.16. The van der Waals surface area contributed by atoms with Gasteiger partial charge in [0.15, 0.2) is 0 Å². The number of phosphoric ester groups is 1. The molecule has 0 aliphatic carbocycles. The van der Waals surface area contributed by atoms with Crippen molar-refractivity contribution in [1.29, 1.82) is 0 Å². The highest BCUT2D eigenvalue weighted by Gasteiger charge is 2.38. The molecule has 0 aliphatic rings. The van der Waals surface area contributed by atoms with Crippen molar-refractivity contribution < 1.29 is 37.5 Å². The van der Waals surface area contributed by atoms with E-state index < -0.39 is 20.7 Å². The van der Waals surface area contributed by atoms with Crippen molar-refractivity contribution in [2.75, 3.05) is 0 Å². The normalized spacial score (nSPS) is 17.2. The van der Waals surface area contributed by atoms with Gasteiger partial charge in [0.1, 0.15) is 5.75 Å². The third kappa shape index (κ3) is 5.26. The van der Waals surface area contributed by atoms with Gasteiger partial charge in [-0.25, -0.2) is 9.13 Å². The molecule has 1 rings (SSSR count). The van der Waals surface area contributed by atoms with E-state index in [4.69, 9.17) is 9.79 Å². The minimum Gasteiger partial charge on any atom is -0.404 e. The van der Waals surface area contributed by atoms with Crippen LogP contribution in [0.15, 0.2) is 30.3 Å². The summed E-state index contributed by atoms with van der Waals surface area (Å²) in [7, 11) is -10.4. The van der Waals surface area contributed by atoms with Crippen molar-refractivity contribution in [2.45, 2.75) is 0 Å². The van der Waals surface area contributed by atoms with Crippen molar-refractivity contribution in [2.24, 2.45) is 0 Å². The van der Waals surface area contributed by atoms with Gasteiger partial charge in [-0.05, 0) is 12.1 Å². The lowest BCUT2D eigenvalue weighted by atomic mass is 10.3. The summed E-state index contributed by atoms with van der Waals surface area (Å²) >= 11 is 0. The summed E-state index contributed by atoms with van der Waals surface area (Å²) < 4.78 is 33.4. The summed E-state index contributed by atoms with van der Waals surface area (Å²) in [5.74, 6) is -0.135. The van der Waals surface area contributed by atoms with Crippen molar-refractivity contribution >= 4 is 15.6 Å². The number of hydrogen-bond acceptors (Lipinski definition) is 7. The molecule has 0 saturated carbocycles. The Morgan fingerprint density at radius 3 is 2.17 bits per heavy atom. The summed E-state index contributed by atoms with van der Waals surface area (Å²) in [6.07, 6.45) is 0. The second-order valence-corrected chi connectivity index (χ2v) is 5.60. The highest BCUT2D eigenvalue weighted by molar-refractivity contribution is 7.61. The summed E-state index contributed by atoms with van der Waals surface area (Å²) in [6, 6.07) is 7.04. The lowest BCUT2D eigenvalue weighted by Crippen LogP contribution is -2.02. The minimum atomic E-state index is -5.34. The molecule has 2 unspecified atom stereocenters. The van der Waals surface area contributed by atoms with E-state index in [9.17, 15) is 19.2 Å². The fourth-order valence-electron chi connectivity index (χ4n) is 0.861. The van der Waals surface area contributed by atoms with Crippen LogP contribution in [0.4, 0.5) is 0 Å². The summed E-state index contributed by atoms with van der Waals surface area (Å²) in [5.41, 5.74) is 0. The first kappa shape index (κ1) is 14.6. The molecular weight excluding hydrogens is 292 g/mol. The minimum absolute atomic E-state index is 0.135. The molecule has 2 N–H and O–H groups in total. The third-order valence-electron chi connectivity index (χ3n) is 1.34. The van der Waals surface area contributed by atoms with Crippen molar-refractivity contribution in [3.05, 3.63) is 40.4 Å². The van der Waals surface area contributed by atoms with Gasteiger partial charge in [-0.3, -0.25) is 4.89 Å². The Kier molecular flexibility index (Phi) is 4.44. The van der Waals surface area contributed by atoms with Crippen LogP contribution in [0.25, 0.3) is 0 Å². The van der Waals surface area contributed by atoms with E-state index in [-0.39, 0.29) is 5.75 Å². The van der Waals surface area contributed by atoms with E-state index in [0.29, 0.717) is 0 Å². The predicted octanol–water partition coefficient (Wildman–Crippen LogP) is 1.49. The zero-order chi connectivity index (χ0) is 13.8. The van der Waals surface area contributed by atoms with E-state index >= 15 is 0 Å². The monoisotopic (exact) mass is 299 g/mol. The largest absolute Gasteiger partial charge is 0.536 e. The van der Waals surface area contributed by atoms with Gasteiger partial charge in [0.2, 0.25) is 0 Å². The highest BCUT2D eigenvalue weighted by Crippen LogP contribution is 2.60. The molecule has 100 valence electrons. The Morgan fingerprint density at radius 1 is 1.11 bits per heavy atom. The van der Waals surface area contributed by atoms with Gasteiger partial charge >= 0.3 is 20.7 Å². The second kappa shape index (κ2) is 5.47. The van der Waals surface area contributed by atoms with Gasteiger partial charge in [0.05, 0.1) is 0 Å². The van der Waals surface area contributed by atoms with Crippen LogP contribution in [0.2, 0.25) is 0 Å². The van der Waals surface area contributed by atoms with Crippen LogP contribution in [0.5, 0.6) is 5.75 Å². The van der Waals surface area contributed by atoms with Gasteiger partial charge in [0, 0.05) is 0 Å². The van der Waals surface area contributed by atoms with Crippen LogP contribution in [-0.4, -0.2) is 14.9 Å². The van der Waals surface area contributed by atoms with E-state index in [1.165, 1.54) is 24.3 Å². The average Bonchev–Trinajstić information content (AvgIpc) is 2.13. The molecule has 0 bridgehead atoms. The molecule has 0 aliphatic heterocycles. The lowest BCUT2D eigenvalue weighted by molar-refractivity contribution is -0.717. The standard InChI is InChI=1S/C6H7NO9P2/c8-7(9)15-18(12,13)16-17(10,11)14-6-4-2-1-3-5-6/h1-5H,(H,10,11)(H,12,13). The van der Waals surface area contributed by atoms with Crippen molar-refractivity contribution in [1.82, 2.24) is 0 Å². The zero-order valence-corrected chi connectivity index (χ0v) is 10.3. The molecule has 0 heterocycles. The predicted molar refractivity (Wildman–Crippen MR) is 55.9 cm³/mol. The fraction of sp³-hybridized carbons (Fsp3) is 0. The Morgan fingerprint density at radius 2 is 1.67 bits per heavy atom. The Bertz CT molecular complexity index is 517. The first-order chi connectivity index (χ1) is 8.20. The van der Waals surface area contributed by atoms with Crippen molar-refractivity contribution in [3.8, 4) is 5.75 Å². The maximum absolute atomic E-state index is 11.3. The van der Waals surface area contributed by atoms with Crippen molar-refractivity contribution in [3.63, 3.8) is 0 Å². The molecule has 0 spiro atoms. The molecule has 18 heavy (non-hydrogen) atoms. The molecule has 0 aromatic heterocycles. The molecule has 12 heteroatoms. The average molecular weight is 299 g/mol. The number of benzene rings is 1. The van der Waals surface area contributed by atoms with Crippen LogP contribution in [0.3, 0.4) is 0 Å². The summed E-state index contributed by atoms with van der Waals surface area (Å²) in [4.78, 5) is 27.7. The molecular formula is C6H7NO9P2. The quantitative estimate of drug-likeness (QED) is 0.453. The molecule has 0 saturated heterocycles. The molecule has 10 nitrogen and oxygen atoms in total. The number of rotatable bonds is 6. The van der Waals surface area contributed by atoms with Gasteiger partial charge in [-0.1, -0.05) is 18.2 Å². The molecule has 2 atom stereocenters. The first-order valence-corrected chi connectivity index (χ1v) is 7.15. The van der Waals surface area contributed by atoms with Gasteiger partial charge in [-0.15, -0.1) is 10.1 Å². The SMILES string of the molecule is O=[N+]([O-])OP(=O)(O)OP(=O)(O)Oc1ccccc1. The maximum atomic E-state index is 11.3. The van der Waals surface area contributed by atoms with E-state index in [2.05, 4.69) is 13.5 Å². The third-order valence-corrected chi connectivity index (χ3v) is 3.77. The lowest BCUT2D eigenvalue weighted by Gasteiger charge is -2.14. The molecule has 0 amide bonds. The number of para-hydroxylation sites is 1. The topological polar surface area (TPSA) is 145 Å². The molecule has 0 fully saturated rings. The van der Waals surface area contributed by atoms with Gasteiger partial charge < -0.3 is 9.42 Å². The molecule has 0 radical (unpaired) electrons. The van der Waals surface area contributed by atoms with Crippen LogP contribution in [-0.2, 0) is 18.1 Å². The van der Waals surface area contributed by atoms with E-state index in [1.54, 1.807) is 6.07 Å². The number of phosphoric acid groups is 2.